The van der Waals surface area contributed by atoms with E-state index in [1.807, 2.05) is 0 Å². The molecule has 1 unspecified atom stereocenters. The van der Waals surface area contributed by atoms with Crippen molar-refractivity contribution in [3.63, 3.8) is 0 Å². The molecule has 21 heavy (non-hydrogen) atoms. The molecule has 9 heteroatoms. The van der Waals surface area contributed by atoms with E-state index < -0.39 is 21.1 Å². The molecule has 1 aromatic rings. The number of aliphatic hydroxyl groups excluding tert-OH is 1. The van der Waals surface area contributed by atoms with Crippen LogP contribution in [0.2, 0.25) is 0 Å². The molecule has 2 rings (SSSR count). The maximum Gasteiger partial charge on any atom is 0.270 e. The van der Waals surface area contributed by atoms with Crippen molar-refractivity contribution in [2.75, 3.05) is 26.3 Å². The van der Waals surface area contributed by atoms with Gasteiger partial charge in [0.2, 0.25) is 10.0 Å². The van der Waals surface area contributed by atoms with E-state index in [1.54, 1.807) is 6.92 Å². The molecule has 1 aromatic carbocycles. The predicted molar refractivity (Wildman–Crippen MR) is 73.4 cm³/mol. The van der Waals surface area contributed by atoms with Crippen molar-refractivity contribution in [1.29, 1.82) is 0 Å². The van der Waals surface area contributed by atoms with Crippen LogP contribution >= 0.6 is 0 Å². The van der Waals surface area contributed by atoms with Crippen LogP contribution in [0.4, 0.5) is 5.69 Å². The number of morpholine rings is 1. The summed E-state index contributed by atoms with van der Waals surface area (Å²) < 4.78 is 31.6. The highest BCUT2D eigenvalue weighted by molar-refractivity contribution is 7.89. The summed E-state index contributed by atoms with van der Waals surface area (Å²) in [6, 6.07) is 3.74. The van der Waals surface area contributed by atoms with Gasteiger partial charge in [0.15, 0.2) is 0 Å². The van der Waals surface area contributed by atoms with Crippen LogP contribution in [0, 0.1) is 17.0 Å². The lowest BCUT2D eigenvalue weighted by molar-refractivity contribution is -0.385. The summed E-state index contributed by atoms with van der Waals surface area (Å²) in [6.07, 6.45) is -0.576. The Morgan fingerprint density at radius 1 is 1.52 bits per heavy atom. The van der Waals surface area contributed by atoms with Gasteiger partial charge < -0.3 is 9.84 Å². The number of non-ortho nitro benzene ring substituents is 1. The standard InChI is InChI=1S/C12H16N2O6S/c1-9-2-3-10(14(16)17)6-12(9)21(18,19)13-4-5-20-11(7-13)8-15/h2-3,6,11,15H,4-5,7-8H2,1H3. The third-order valence-corrected chi connectivity index (χ3v) is 5.31. The van der Waals surface area contributed by atoms with Gasteiger partial charge >= 0.3 is 0 Å². The first-order valence-electron chi connectivity index (χ1n) is 6.34. The lowest BCUT2D eigenvalue weighted by Crippen LogP contribution is -2.46. The minimum Gasteiger partial charge on any atom is -0.394 e. The lowest BCUT2D eigenvalue weighted by atomic mass is 10.2. The second kappa shape index (κ2) is 6.06. The van der Waals surface area contributed by atoms with Gasteiger partial charge in [0.05, 0.1) is 29.1 Å². The average molecular weight is 316 g/mol. The molecule has 0 saturated carbocycles. The van der Waals surface area contributed by atoms with Gasteiger partial charge in [-0.1, -0.05) is 6.07 Å². The number of sulfonamides is 1. The zero-order valence-corrected chi connectivity index (χ0v) is 12.2. The third-order valence-electron chi connectivity index (χ3n) is 3.31. The number of nitrogens with zero attached hydrogens (tertiary/aromatic N) is 2. The highest BCUT2D eigenvalue weighted by Crippen LogP contribution is 2.25. The minimum absolute atomic E-state index is 0.0287. The Morgan fingerprint density at radius 3 is 2.86 bits per heavy atom. The molecule has 0 aliphatic carbocycles. The summed E-state index contributed by atoms with van der Waals surface area (Å²) in [6.45, 7) is 1.67. The van der Waals surface area contributed by atoms with Gasteiger partial charge in [-0.25, -0.2) is 8.42 Å². The lowest BCUT2D eigenvalue weighted by Gasteiger charge is -2.31. The molecule has 1 N–H and O–H groups in total. The van der Waals surface area contributed by atoms with Crippen molar-refractivity contribution in [1.82, 2.24) is 4.31 Å². The second-order valence-electron chi connectivity index (χ2n) is 4.75. The Hall–Kier alpha value is -1.55. The molecule has 0 aromatic heterocycles. The van der Waals surface area contributed by atoms with Gasteiger partial charge in [-0.05, 0) is 12.5 Å². The van der Waals surface area contributed by atoms with Crippen LogP contribution < -0.4 is 0 Å². The molecule has 8 nitrogen and oxygen atoms in total. The molecule has 1 aliphatic heterocycles. The SMILES string of the molecule is Cc1ccc([N+](=O)[O-])cc1S(=O)(=O)N1CCOC(CO)C1. The number of hydrogen-bond donors (Lipinski definition) is 1. The molecular formula is C12H16N2O6S. The second-order valence-corrected chi connectivity index (χ2v) is 6.65. The molecule has 0 bridgehead atoms. The van der Waals surface area contributed by atoms with Crippen molar-refractivity contribution in [3.8, 4) is 0 Å². The monoisotopic (exact) mass is 316 g/mol. The number of aryl methyl sites for hydroxylation is 1. The number of aliphatic hydroxyl groups is 1. The normalized spacial score (nSPS) is 20.4. The molecule has 1 fully saturated rings. The summed E-state index contributed by atoms with van der Waals surface area (Å²) >= 11 is 0. The topological polar surface area (TPSA) is 110 Å². The van der Waals surface area contributed by atoms with Gasteiger partial charge in [-0.15, -0.1) is 0 Å². The Balaban J connectivity index is 2.39. The fourth-order valence-electron chi connectivity index (χ4n) is 2.14. The summed E-state index contributed by atoms with van der Waals surface area (Å²) in [5.41, 5.74) is 0.166. The van der Waals surface area contributed by atoms with Gasteiger partial charge in [0, 0.05) is 25.2 Å². The average Bonchev–Trinajstić information content (AvgIpc) is 2.47. The Morgan fingerprint density at radius 2 is 2.24 bits per heavy atom. The van der Waals surface area contributed by atoms with Gasteiger partial charge in [-0.3, -0.25) is 10.1 Å². The maximum absolute atomic E-state index is 12.6. The molecule has 1 heterocycles. The van der Waals surface area contributed by atoms with E-state index in [4.69, 9.17) is 9.84 Å². The smallest absolute Gasteiger partial charge is 0.270 e. The fourth-order valence-corrected chi connectivity index (χ4v) is 3.84. The molecule has 0 radical (unpaired) electrons. The van der Waals surface area contributed by atoms with Crippen molar-refractivity contribution < 1.29 is 23.2 Å². The first-order chi connectivity index (χ1) is 9.86. The maximum atomic E-state index is 12.6. The van der Waals surface area contributed by atoms with Crippen LogP contribution in [0.3, 0.4) is 0 Å². The zero-order chi connectivity index (χ0) is 15.6. The Bertz CT molecular complexity index is 645. The highest BCUT2D eigenvalue weighted by atomic mass is 32.2. The molecule has 1 saturated heterocycles. The van der Waals surface area contributed by atoms with Gasteiger partial charge in [0.1, 0.15) is 0 Å². The van der Waals surface area contributed by atoms with Crippen LogP contribution in [0.25, 0.3) is 0 Å². The number of ether oxygens (including phenoxy) is 1. The summed E-state index contributed by atoms with van der Waals surface area (Å²) in [5.74, 6) is 0. The van der Waals surface area contributed by atoms with E-state index in [2.05, 4.69) is 0 Å². The number of hydrogen-bond acceptors (Lipinski definition) is 6. The Labute approximate surface area is 122 Å². The van der Waals surface area contributed by atoms with E-state index in [1.165, 1.54) is 16.4 Å². The van der Waals surface area contributed by atoms with E-state index in [9.17, 15) is 18.5 Å². The van der Waals surface area contributed by atoms with Crippen LogP contribution in [0.15, 0.2) is 23.1 Å². The van der Waals surface area contributed by atoms with E-state index in [0.29, 0.717) is 5.56 Å². The zero-order valence-electron chi connectivity index (χ0n) is 11.4. The van der Waals surface area contributed by atoms with Crippen molar-refractivity contribution in [3.05, 3.63) is 33.9 Å². The molecule has 116 valence electrons. The van der Waals surface area contributed by atoms with Crippen molar-refractivity contribution in [2.24, 2.45) is 0 Å². The van der Waals surface area contributed by atoms with Crippen LogP contribution in [-0.4, -0.2) is 55.2 Å². The molecule has 0 amide bonds. The summed E-state index contributed by atoms with van der Waals surface area (Å²) in [5, 5.41) is 19.9. The molecule has 1 atom stereocenters. The fraction of sp³-hybridized carbons (Fsp3) is 0.500. The number of nitro benzene ring substituents is 1. The molecule has 0 spiro atoms. The molecular weight excluding hydrogens is 300 g/mol. The largest absolute Gasteiger partial charge is 0.394 e. The van der Waals surface area contributed by atoms with E-state index in [0.717, 1.165) is 6.07 Å². The number of nitro groups is 1. The van der Waals surface area contributed by atoms with Gasteiger partial charge in [0.25, 0.3) is 5.69 Å². The predicted octanol–water partition coefficient (Wildman–Crippen LogP) is 0.285. The quantitative estimate of drug-likeness (QED) is 0.631. The van der Waals surface area contributed by atoms with Crippen LogP contribution in [0.5, 0.6) is 0 Å². The third kappa shape index (κ3) is 3.21. The van der Waals surface area contributed by atoms with E-state index in [-0.39, 0.29) is 36.9 Å². The first-order valence-corrected chi connectivity index (χ1v) is 7.78. The number of rotatable bonds is 4. The number of benzene rings is 1. The van der Waals surface area contributed by atoms with Crippen molar-refractivity contribution >= 4 is 15.7 Å². The van der Waals surface area contributed by atoms with Crippen LogP contribution in [0.1, 0.15) is 5.56 Å². The van der Waals surface area contributed by atoms with E-state index >= 15 is 0 Å². The summed E-state index contributed by atoms with van der Waals surface area (Å²) in [4.78, 5) is 10.1. The summed E-state index contributed by atoms with van der Waals surface area (Å²) in [7, 11) is -3.85. The minimum atomic E-state index is -3.85. The highest BCUT2D eigenvalue weighted by Gasteiger charge is 2.32. The van der Waals surface area contributed by atoms with Crippen LogP contribution in [-0.2, 0) is 14.8 Å². The Kier molecular flexibility index (Phi) is 4.57. The molecule has 1 aliphatic rings. The van der Waals surface area contributed by atoms with Gasteiger partial charge in [-0.2, -0.15) is 4.31 Å². The van der Waals surface area contributed by atoms with Crippen molar-refractivity contribution in [2.45, 2.75) is 17.9 Å². The first kappa shape index (κ1) is 15.8.